The third-order valence-electron chi connectivity index (χ3n) is 4.42. The first-order valence-electron chi connectivity index (χ1n) is 9.89. The molecule has 0 saturated heterocycles. The third-order valence-corrected chi connectivity index (χ3v) is 4.42. The van der Waals surface area contributed by atoms with Gasteiger partial charge in [-0.15, -0.1) is 0 Å². The predicted octanol–water partition coefficient (Wildman–Crippen LogP) is 3.23. The monoisotopic (exact) mass is 378 g/mol. The van der Waals surface area contributed by atoms with E-state index in [0.29, 0.717) is 31.0 Å². The van der Waals surface area contributed by atoms with E-state index in [9.17, 15) is 9.59 Å². The Labute approximate surface area is 163 Å². The number of carbonyl (C=O) groups excluding carboxylic acids is 2. The summed E-state index contributed by atoms with van der Waals surface area (Å²) in [5.74, 6) is 0.163. The second-order valence-corrected chi connectivity index (χ2v) is 6.57. The maximum atomic E-state index is 11.8. The molecule has 152 valence electrons. The summed E-state index contributed by atoms with van der Waals surface area (Å²) < 4.78 is 10.5. The lowest BCUT2D eigenvalue weighted by molar-refractivity contribution is -0.139. The standard InChI is InChI=1S/C21H34N2O4/c1-4-5-6-7-8-9-10-14-22-20(24)21(25)23-15-13-17-11-12-18(26-2)19(16-17)27-3/h11-12,16H,4-10,13-15H2,1-3H3,(H,22,24)(H,23,25). The van der Waals surface area contributed by atoms with Crippen LogP contribution in [0.3, 0.4) is 0 Å². The average Bonchev–Trinajstić information content (AvgIpc) is 2.69. The van der Waals surface area contributed by atoms with Gasteiger partial charge >= 0.3 is 11.8 Å². The van der Waals surface area contributed by atoms with E-state index in [2.05, 4.69) is 17.6 Å². The highest BCUT2D eigenvalue weighted by molar-refractivity contribution is 6.35. The molecule has 0 aliphatic rings. The number of ether oxygens (including phenoxy) is 2. The molecule has 1 aromatic rings. The number of benzene rings is 1. The van der Waals surface area contributed by atoms with Crippen LogP contribution in [-0.4, -0.2) is 39.1 Å². The molecule has 0 bridgehead atoms. The summed E-state index contributed by atoms with van der Waals surface area (Å²) in [6, 6.07) is 5.60. The number of unbranched alkanes of at least 4 members (excludes halogenated alkanes) is 6. The average molecular weight is 379 g/mol. The smallest absolute Gasteiger partial charge is 0.309 e. The van der Waals surface area contributed by atoms with Crippen LogP contribution in [0.25, 0.3) is 0 Å². The highest BCUT2D eigenvalue weighted by Gasteiger charge is 2.12. The van der Waals surface area contributed by atoms with Crippen LogP contribution in [-0.2, 0) is 16.0 Å². The minimum atomic E-state index is -0.585. The SMILES string of the molecule is CCCCCCCCCNC(=O)C(=O)NCCc1ccc(OC)c(OC)c1. The van der Waals surface area contributed by atoms with Crippen molar-refractivity contribution in [2.24, 2.45) is 0 Å². The number of carbonyl (C=O) groups is 2. The van der Waals surface area contributed by atoms with Crippen LogP contribution in [0.2, 0.25) is 0 Å². The summed E-state index contributed by atoms with van der Waals surface area (Å²) in [6.45, 7) is 3.14. The maximum absolute atomic E-state index is 11.8. The van der Waals surface area contributed by atoms with E-state index >= 15 is 0 Å². The summed E-state index contributed by atoms with van der Waals surface area (Å²) in [7, 11) is 3.17. The Bertz CT molecular complexity index is 575. The van der Waals surface area contributed by atoms with Gasteiger partial charge in [0, 0.05) is 13.1 Å². The fourth-order valence-electron chi connectivity index (χ4n) is 2.80. The number of methoxy groups -OCH3 is 2. The van der Waals surface area contributed by atoms with Gasteiger partial charge in [-0.3, -0.25) is 9.59 Å². The van der Waals surface area contributed by atoms with Gasteiger partial charge in [-0.1, -0.05) is 51.5 Å². The first kappa shape index (κ1) is 22.8. The molecule has 1 aromatic carbocycles. The lowest BCUT2D eigenvalue weighted by Crippen LogP contribution is -2.40. The van der Waals surface area contributed by atoms with Gasteiger partial charge in [-0.2, -0.15) is 0 Å². The van der Waals surface area contributed by atoms with Crippen LogP contribution < -0.4 is 20.1 Å². The minimum Gasteiger partial charge on any atom is -0.493 e. The van der Waals surface area contributed by atoms with Crippen LogP contribution in [0.4, 0.5) is 0 Å². The van der Waals surface area contributed by atoms with Gasteiger partial charge in [-0.05, 0) is 30.5 Å². The van der Waals surface area contributed by atoms with E-state index in [0.717, 1.165) is 18.4 Å². The fourth-order valence-corrected chi connectivity index (χ4v) is 2.80. The zero-order valence-corrected chi connectivity index (χ0v) is 16.9. The fraction of sp³-hybridized carbons (Fsp3) is 0.619. The molecule has 0 radical (unpaired) electrons. The lowest BCUT2D eigenvalue weighted by atomic mass is 10.1. The van der Waals surface area contributed by atoms with Crippen LogP contribution in [0.15, 0.2) is 18.2 Å². The van der Waals surface area contributed by atoms with Crippen LogP contribution >= 0.6 is 0 Å². The second kappa shape index (κ2) is 13.9. The molecule has 1 rings (SSSR count). The summed E-state index contributed by atoms with van der Waals surface area (Å²) in [5.41, 5.74) is 0.997. The Morgan fingerprint density at radius 1 is 0.815 bits per heavy atom. The van der Waals surface area contributed by atoms with E-state index in [-0.39, 0.29) is 0 Å². The number of amides is 2. The zero-order chi connectivity index (χ0) is 19.9. The molecule has 0 unspecified atom stereocenters. The first-order valence-corrected chi connectivity index (χ1v) is 9.89. The number of hydrogen-bond donors (Lipinski definition) is 2. The molecule has 27 heavy (non-hydrogen) atoms. The summed E-state index contributed by atoms with van der Waals surface area (Å²) in [6.07, 6.45) is 8.87. The van der Waals surface area contributed by atoms with Crippen molar-refractivity contribution in [1.82, 2.24) is 10.6 Å². The molecule has 6 nitrogen and oxygen atoms in total. The Hall–Kier alpha value is -2.24. The lowest BCUT2D eigenvalue weighted by Gasteiger charge is -2.10. The normalized spacial score (nSPS) is 10.3. The Balaban J connectivity index is 2.18. The van der Waals surface area contributed by atoms with Crippen LogP contribution in [0.5, 0.6) is 11.5 Å². The molecule has 0 atom stereocenters. The molecule has 0 saturated carbocycles. The van der Waals surface area contributed by atoms with Crippen molar-refractivity contribution < 1.29 is 19.1 Å². The Morgan fingerprint density at radius 2 is 1.41 bits per heavy atom. The molecule has 0 aromatic heterocycles. The van der Waals surface area contributed by atoms with E-state index < -0.39 is 11.8 Å². The molecule has 0 spiro atoms. The van der Waals surface area contributed by atoms with Crippen molar-refractivity contribution >= 4 is 11.8 Å². The van der Waals surface area contributed by atoms with Crippen molar-refractivity contribution in [2.45, 2.75) is 58.3 Å². The van der Waals surface area contributed by atoms with Crippen LogP contribution in [0, 0.1) is 0 Å². The van der Waals surface area contributed by atoms with Crippen molar-refractivity contribution in [3.8, 4) is 11.5 Å². The largest absolute Gasteiger partial charge is 0.493 e. The summed E-state index contributed by atoms with van der Waals surface area (Å²) >= 11 is 0. The maximum Gasteiger partial charge on any atom is 0.309 e. The Kier molecular flexibility index (Phi) is 11.7. The van der Waals surface area contributed by atoms with Crippen molar-refractivity contribution in [1.29, 1.82) is 0 Å². The summed E-state index contributed by atoms with van der Waals surface area (Å²) in [5, 5.41) is 5.33. The van der Waals surface area contributed by atoms with Gasteiger partial charge in [0.05, 0.1) is 14.2 Å². The molecule has 2 amide bonds. The highest BCUT2D eigenvalue weighted by Crippen LogP contribution is 2.27. The third kappa shape index (κ3) is 9.31. The van der Waals surface area contributed by atoms with E-state index in [1.807, 2.05) is 18.2 Å². The van der Waals surface area contributed by atoms with Gasteiger partial charge in [-0.25, -0.2) is 0 Å². The zero-order valence-electron chi connectivity index (χ0n) is 16.9. The molecule has 2 N–H and O–H groups in total. The number of rotatable bonds is 13. The topological polar surface area (TPSA) is 76.7 Å². The number of hydrogen-bond acceptors (Lipinski definition) is 4. The van der Waals surface area contributed by atoms with E-state index in [1.54, 1.807) is 14.2 Å². The van der Waals surface area contributed by atoms with Gasteiger partial charge in [0.25, 0.3) is 0 Å². The molecule has 6 heteroatoms. The van der Waals surface area contributed by atoms with Gasteiger partial charge in [0.2, 0.25) is 0 Å². The number of nitrogens with one attached hydrogen (secondary N) is 2. The van der Waals surface area contributed by atoms with Crippen LogP contribution in [0.1, 0.15) is 57.4 Å². The van der Waals surface area contributed by atoms with Gasteiger partial charge in [0.15, 0.2) is 11.5 Å². The minimum absolute atomic E-state index is 0.388. The first-order chi connectivity index (χ1) is 13.1. The van der Waals surface area contributed by atoms with E-state index in [1.165, 1.54) is 32.1 Å². The molecular weight excluding hydrogens is 344 g/mol. The molecule has 0 aliphatic heterocycles. The molecule has 0 fully saturated rings. The predicted molar refractivity (Wildman–Crippen MR) is 107 cm³/mol. The molecule has 0 aliphatic carbocycles. The summed E-state index contributed by atoms with van der Waals surface area (Å²) in [4.78, 5) is 23.6. The van der Waals surface area contributed by atoms with Crippen molar-refractivity contribution in [2.75, 3.05) is 27.3 Å². The Morgan fingerprint density at radius 3 is 2.04 bits per heavy atom. The van der Waals surface area contributed by atoms with Crippen molar-refractivity contribution in [3.63, 3.8) is 0 Å². The highest BCUT2D eigenvalue weighted by atomic mass is 16.5. The molecular formula is C21H34N2O4. The van der Waals surface area contributed by atoms with Gasteiger partial charge in [0.1, 0.15) is 0 Å². The molecule has 0 heterocycles. The van der Waals surface area contributed by atoms with Gasteiger partial charge < -0.3 is 20.1 Å². The second-order valence-electron chi connectivity index (χ2n) is 6.57. The quantitative estimate of drug-likeness (QED) is 0.408. The van der Waals surface area contributed by atoms with E-state index in [4.69, 9.17) is 9.47 Å². The van der Waals surface area contributed by atoms with Crippen molar-refractivity contribution in [3.05, 3.63) is 23.8 Å².